The molecule has 0 atom stereocenters. The third-order valence-corrected chi connectivity index (χ3v) is 6.98. The summed E-state index contributed by atoms with van der Waals surface area (Å²) in [6.07, 6.45) is 1.52. The second-order valence-corrected chi connectivity index (χ2v) is 9.64. The lowest BCUT2D eigenvalue weighted by atomic mass is 10.1. The Hall–Kier alpha value is -3.50. The number of para-hydroxylation sites is 1. The molecule has 0 saturated carbocycles. The number of fused-ring (bicyclic) bond motifs is 2. The summed E-state index contributed by atoms with van der Waals surface area (Å²) in [5.41, 5.74) is 0.539. The topological polar surface area (TPSA) is 114 Å². The highest BCUT2D eigenvalue weighted by molar-refractivity contribution is 9.10. The molecule has 8 nitrogen and oxygen atoms in total. The van der Waals surface area contributed by atoms with E-state index in [-0.39, 0.29) is 39.9 Å². The van der Waals surface area contributed by atoms with Crippen molar-refractivity contribution in [2.45, 2.75) is 11.4 Å². The minimum atomic E-state index is -4.06. The number of nitrogens with one attached hydrogen (secondary N) is 1. The first-order chi connectivity index (χ1) is 15.3. The predicted octanol–water partition coefficient (Wildman–Crippen LogP) is 3.47. The van der Waals surface area contributed by atoms with Gasteiger partial charge in [-0.2, -0.15) is 8.42 Å². The van der Waals surface area contributed by atoms with Crippen LogP contribution in [0.15, 0.2) is 85.4 Å². The summed E-state index contributed by atoms with van der Waals surface area (Å²) in [5, 5.41) is 14.1. The Balaban J connectivity index is 1.75. The van der Waals surface area contributed by atoms with Crippen LogP contribution in [0.3, 0.4) is 0 Å². The highest BCUT2D eigenvalue weighted by atomic mass is 79.9. The van der Waals surface area contributed by atoms with E-state index in [4.69, 9.17) is 0 Å². The summed E-state index contributed by atoms with van der Waals surface area (Å²) in [6, 6.07) is 16.9. The van der Waals surface area contributed by atoms with E-state index in [0.717, 1.165) is 10.0 Å². The van der Waals surface area contributed by atoms with Gasteiger partial charge in [-0.3, -0.25) is 9.36 Å². The first kappa shape index (κ1) is 20.4. The quantitative estimate of drug-likeness (QED) is 0.436. The Labute approximate surface area is 191 Å². The number of pyridine rings is 2. The van der Waals surface area contributed by atoms with Gasteiger partial charge in [0.15, 0.2) is 5.84 Å². The Bertz CT molecular complexity index is 1580. The molecule has 1 aliphatic rings. The van der Waals surface area contributed by atoms with Crippen molar-refractivity contribution in [3.63, 3.8) is 0 Å². The summed E-state index contributed by atoms with van der Waals surface area (Å²) < 4.78 is 31.5. The normalized spacial score (nSPS) is 14.5. The maximum absolute atomic E-state index is 13.5. The van der Waals surface area contributed by atoms with E-state index in [1.54, 1.807) is 30.3 Å². The van der Waals surface area contributed by atoms with Gasteiger partial charge in [0, 0.05) is 10.7 Å². The highest BCUT2D eigenvalue weighted by Gasteiger charge is 2.29. The Morgan fingerprint density at radius 3 is 2.56 bits per heavy atom. The number of aromatic nitrogens is 2. The lowest BCUT2D eigenvalue weighted by Gasteiger charge is -2.20. The number of aromatic hydroxyl groups is 1. The molecule has 160 valence electrons. The minimum absolute atomic E-state index is 0.000818. The largest absolute Gasteiger partial charge is 0.506 e. The molecule has 0 spiro atoms. The zero-order valence-corrected chi connectivity index (χ0v) is 18.8. The molecule has 2 aromatic heterocycles. The van der Waals surface area contributed by atoms with E-state index in [1.807, 2.05) is 24.3 Å². The summed E-state index contributed by atoms with van der Waals surface area (Å²) >= 11 is 3.39. The summed E-state index contributed by atoms with van der Waals surface area (Å²) in [7, 11) is -4.06. The molecule has 0 bridgehead atoms. The summed E-state index contributed by atoms with van der Waals surface area (Å²) in [4.78, 5) is 17.8. The third kappa shape index (κ3) is 3.37. The van der Waals surface area contributed by atoms with Crippen LogP contribution >= 0.6 is 15.9 Å². The van der Waals surface area contributed by atoms with E-state index in [1.165, 1.54) is 16.8 Å². The highest BCUT2D eigenvalue weighted by Crippen LogP contribution is 2.31. The molecule has 2 N–H and O–H groups in total. The maximum Gasteiger partial charge on any atom is 0.286 e. The second-order valence-electron chi connectivity index (χ2n) is 7.15. The minimum Gasteiger partial charge on any atom is -0.506 e. The number of anilines is 1. The molecular weight excluding hydrogens is 496 g/mol. The van der Waals surface area contributed by atoms with Gasteiger partial charge in [0.2, 0.25) is 0 Å². The van der Waals surface area contributed by atoms with E-state index < -0.39 is 15.6 Å². The van der Waals surface area contributed by atoms with Crippen molar-refractivity contribution in [1.82, 2.24) is 9.55 Å². The number of benzene rings is 2. The maximum atomic E-state index is 13.5. The molecule has 3 heterocycles. The first-order valence-corrected chi connectivity index (χ1v) is 11.7. The fraction of sp³-hybridized carbons (Fsp3) is 0.0455. The fourth-order valence-electron chi connectivity index (χ4n) is 3.62. The monoisotopic (exact) mass is 510 g/mol. The van der Waals surface area contributed by atoms with Crippen LogP contribution in [0.4, 0.5) is 5.69 Å². The number of hydrogen-bond acceptors (Lipinski definition) is 6. The summed E-state index contributed by atoms with van der Waals surface area (Å²) in [6.45, 7) is 0.170. The Kier molecular flexibility index (Phi) is 4.83. The van der Waals surface area contributed by atoms with Gasteiger partial charge in [-0.05, 0) is 42.0 Å². The standard InChI is InChI=1S/C22H15BrN4O4S/c23-14-9-7-13(8-10-14)12-27-21-15(4-3-11-24-21)19(28)18(22(27)29)20-25-16-5-1-2-6-17(16)32(30,31)26-20/h1-11,28H,12H2,(H,25,26). The smallest absolute Gasteiger partial charge is 0.286 e. The summed E-state index contributed by atoms with van der Waals surface area (Å²) in [5.74, 6) is -0.618. The molecule has 2 aromatic carbocycles. The Morgan fingerprint density at radius 1 is 1.03 bits per heavy atom. The average Bonchev–Trinajstić information content (AvgIpc) is 2.78. The van der Waals surface area contributed by atoms with Crippen LogP contribution in [-0.2, 0) is 16.6 Å². The average molecular weight is 511 g/mol. The zero-order valence-electron chi connectivity index (χ0n) is 16.4. The van der Waals surface area contributed by atoms with Crippen molar-refractivity contribution in [3.8, 4) is 5.75 Å². The van der Waals surface area contributed by atoms with Crippen LogP contribution in [0.25, 0.3) is 11.0 Å². The molecule has 0 saturated heterocycles. The number of halogens is 1. The fourth-order valence-corrected chi connectivity index (χ4v) is 5.01. The Morgan fingerprint density at radius 2 is 1.78 bits per heavy atom. The van der Waals surface area contributed by atoms with Crippen LogP contribution in [0.1, 0.15) is 11.1 Å². The van der Waals surface area contributed by atoms with Crippen molar-refractivity contribution in [1.29, 1.82) is 0 Å². The van der Waals surface area contributed by atoms with E-state index in [0.29, 0.717) is 5.39 Å². The van der Waals surface area contributed by atoms with Crippen LogP contribution < -0.4 is 10.9 Å². The number of rotatable bonds is 3. The van der Waals surface area contributed by atoms with Gasteiger partial charge in [-0.1, -0.05) is 40.2 Å². The number of sulfonamides is 1. The number of hydrogen-bond donors (Lipinski definition) is 2. The molecule has 0 radical (unpaired) electrons. The molecular formula is C22H15BrN4O4S. The second kappa shape index (κ2) is 7.57. The predicted molar refractivity (Wildman–Crippen MR) is 125 cm³/mol. The van der Waals surface area contributed by atoms with Crippen LogP contribution in [-0.4, -0.2) is 28.9 Å². The van der Waals surface area contributed by atoms with Crippen LogP contribution in [0.2, 0.25) is 0 Å². The molecule has 10 heteroatoms. The molecule has 0 fully saturated rings. The van der Waals surface area contributed by atoms with Gasteiger partial charge in [0.1, 0.15) is 21.9 Å². The molecule has 0 unspecified atom stereocenters. The SMILES string of the molecule is O=c1c(C2=NS(=O)(=O)c3ccccc3N2)c(O)c2cccnc2n1Cc1ccc(Br)cc1. The van der Waals surface area contributed by atoms with E-state index >= 15 is 0 Å². The van der Waals surface area contributed by atoms with Crippen molar-refractivity contribution < 1.29 is 13.5 Å². The lowest BCUT2D eigenvalue weighted by Crippen LogP contribution is -2.33. The molecule has 0 aliphatic carbocycles. The lowest BCUT2D eigenvalue weighted by molar-refractivity contribution is 0.477. The third-order valence-electron chi connectivity index (χ3n) is 5.11. The van der Waals surface area contributed by atoms with Crippen molar-refractivity contribution in [2.75, 3.05) is 5.32 Å². The van der Waals surface area contributed by atoms with E-state index in [9.17, 15) is 18.3 Å². The first-order valence-electron chi connectivity index (χ1n) is 9.51. The van der Waals surface area contributed by atoms with Crippen molar-refractivity contribution >= 4 is 48.5 Å². The van der Waals surface area contributed by atoms with Gasteiger partial charge in [-0.15, -0.1) is 4.40 Å². The van der Waals surface area contributed by atoms with Gasteiger partial charge < -0.3 is 10.4 Å². The number of nitrogens with zero attached hydrogens (tertiary/aromatic N) is 3. The van der Waals surface area contributed by atoms with Gasteiger partial charge in [0.25, 0.3) is 15.6 Å². The van der Waals surface area contributed by atoms with E-state index in [2.05, 4.69) is 30.6 Å². The van der Waals surface area contributed by atoms with Crippen molar-refractivity contribution in [2.24, 2.45) is 4.40 Å². The zero-order chi connectivity index (χ0) is 22.5. The number of amidine groups is 1. The molecule has 4 aromatic rings. The van der Waals surface area contributed by atoms with Crippen LogP contribution in [0.5, 0.6) is 5.75 Å². The van der Waals surface area contributed by atoms with Gasteiger partial charge in [0.05, 0.1) is 17.6 Å². The molecule has 0 amide bonds. The van der Waals surface area contributed by atoms with Crippen LogP contribution in [0, 0.1) is 0 Å². The van der Waals surface area contributed by atoms with Crippen molar-refractivity contribution in [3.05, 3.63) is 92.8 Å². The molecule has 32 heavy (non-hydrogen) atoms. The van der Waals surface area contributed by atoms with Gasteiger partial charge >= 0.3 is 0 Å². The molecule has 1 aliphatic heterocycles. The van der Waals surface area contributed by atoms with Gasteiger partial charge in [-0.25, -0.2) is 4.98 Å². The molecule has 5 rings (SSSR count).